The fourth-order valence-electron chi connectivity index (χ4n) is 4.26. The Hall–Kier alpha value is -5.59. The first-order valence-corrected chi connectivity index (χ1v) is 21.4. The van der Waals surface area contributed by atoms with Crippen LogP contribution >= 0.6 is 41.7 Å². The third-order valence-corrected chi connectivity index (χ3v) is 7.01. The summed E-state index contributed by atoms with van der Waals surface area (Å²) in [6, 6.07) is 36.3. The number of nitro benzene ring substituents is 2. The molecule has 0 heterocycles. The van der Waals surface area contributed by atoms with E-state index in [1.807, 2.05) is 0 Å². The number of carbonyl (C=O) groups excluding carboxylic acids is 3. The molecule has 0 radical (unpaired) electrons. The first kappa shape index (κ1) is 47.6. The molecular weight excluding hydrogens is 848 g/mol. The summed E-state index contributed by atoms with van der Waals surface area (Å²) in [5.41, 5.74) is 6.60. The Kier molecular flexibility index (Phi) is 20.7. The van der Waals surface area contributed by atoms with Crippen LogP contribution in [0.5, 0.6) is 0 Å². The van der Waals surface area contributed by atoms with E-state index in [4.69, 9.17) is 47.5 Å². The van der Waals surface area contributed by atoms with Crippen molar-refractivity contribution in [2.24, 2.45) is 0 Å². The second kappa shape index (κ2) is 24.8. The lowest BCUT2D eigenvalue weighted by atomic mass is 10.0. The summed E-state index contributed by atoms with van der Waals surface area (Å²) in [7, 11) is 14.8. The Bertz CT molecular complexity index is 2240. The largest absolute Gasteiger partial charge is 0.643 e. The van der Waals surface area contributed by atoms with Crippen molar-refractivity contribution in [1.82, 2.24) is 0 Å². The zero-order valence-electron chi connectivity index (χ0n) is 29.0. The molecule has 6 aromatic carbocycles. The van der Waals surface area contributed by atoms with Crippen LogP contribution in [0.25, 0.3) is 0 Å². The van der Waals surface area contributed by atoms with Gasteiger partial charge in [0.1, 0.15) is 28.6 Å². The summed E-state index contributed by atoms with van der Waals surface area (Å²) >= 11 is 3.39. The van der Waals surface area contributed by atoms with Crippen molar-refractivity contribution in [2.45, 2.75) is 0 Å². The van der Waals surface area contributed by atoms with Crippen molar-refractivity contribution >= 4 is 87.0 Å². The van der Waals surface area contributed by atoms with E-state index in [1.54, 1.807) is 48.5 Å². The maximum absolute atomic E-state index is 12.7. The molecule has 292 valence electrons. The summed E-state index contributed by atoms with van der Waals surface area (Å²) in [5, 5.41) is 20.3. The Balaban J connectivity index is 0.000000264. The molecule has 0 atom stereocenters. The number of halogens is 7. The number of nitrogens with zero attached hydrogens (tertiary/aromatic N) is 2. The minimum Gasteiger partial charge on any atom is -0.398 e. The smallest absolute Gasteiger partial charge is 0.398 e. The molecule has 0 aliphatic carbocycles. The maximum Gasteiger partial charge on any atom is 0.643 e. The van der Waals surface area contributed by atoms with Crippen LogP contribution in [0.15, 0.2) is 152 Å². The molecule has 0 saturated heterocycles. The Morgan fingerprint density at radius 3 is 1.16 bits per heavy atom. The highest BCUT2D eigenvalue weighted by Crippen LogP contribution is 2.22. The predicted molar refractivity (Wildman–Crippen MR) is 217 cm³/mol. The van der Waals surface area contributed by atoms with Crippen LogP contribution in [-0.4, -0.2) is 38.0 Å². The molecule has 6 aromatic rings. The van der Waals surface area contributed by atoms with Gasteiger partial charge in [-0.1, -0.05) is 54.6 Å². The van der Waals surface area contributed by atoms with Crippen molar-refractivity contribution in [3.05, 3.63) is 217 Å². The summed E-state index contributed by atoms with van der Waals surface area (Å²) < 4.78 is 37.3. The minimum absolute atomic E-state index is 0.00546. The van der Waals surface area contributed by atoms with Crippen LogP contribution in [0, 0.1) is 37.7 Å². The molecule has 6 rings (SSSR count). The third-order valence-electron chi connectivity index (χ3n) is 6.81. The van der Waals surface area contributed by atoms with E-state index in [9.17, 15) is 47.8 Å². The van der Waals surface area contributed by atoms with E-state index < -0.39 is 38.1 Å². The van der Waals surface area contributed by atoms with Crippen LogP contribution in [0.4, 0.5) is 30.2 Å². The van der Waals surface area contributed by atoms with Gasteiger partial charge < -0.3 is 5.73 Å². The first-order chi connectivity index (χ1) is 27.0. The molecular formula is C39H27AlCl4F3N3O7. The molecule has 18 heteroatoms. The van der Waals surface area contributed by atoms with Crippen molar-refractivity contribution in [3.63, 3.8) is 0 Å². The fraction of sp³-hybridized carbons (Fsp3) is 0. The number of benzene rings is 6. The van der Waals surface area contributed by atoms with E-state index in [2.05, 4.69) is 0 Å². The number of carbonyl (C=O) groups is 3. The van der Waals surface area contributed by atoms with Crippen molar-refractivity contribution < 1.29 is 37.4 Å². The van der Waals surface area contributed by atoms with E-state index >= 15 is 0 Å². The van der Waals surface area contributed by atoms with Gasteiger partial charge in [-0.05, 0) is 96.5 Å². The van der Waals surface area contributed by atoms with Gasteiger partial charge in [-0.3, -0.25) is 34.6 Å². The highest BCUT2D eigenvalue weighted by Gasteiger charge is 2.20. The van der Waals surface area contributed by atoms with Crippen LogP contribution < -0.4 is 5.73 Å². The molecule has 0 amide bonds. The monoisotopic (exact) mass is 873 g/mol. The molecule has 10 nitrogen and oxygen atoms in total. The second-order valence-electron chi connectivity index (χ2n) is 10.6. The van der Waals surface area contributed by atoms with Gasteiger partial charge in [0, 0.05) is 34.5 Å². The summed E-state index contributed by atoms with van der Waals surface area (Å²) in [5.74, 6) is -1.70. The Labute approximate surface area is 345 Å². The molecule has 0 fully saturated rings. The summed E-state index contributed by atoms with van der Waals surface area (Å²) in [6.45, 7) is 0. The lowest BCUT2D eigenvalue weighted by Gasteiger charge is -2.04. The van der Waals surface area contributed by atoms with E-state index in [0.29, 0.717) is 16.8 Å². The lowest BCUT2D eigenvalue weighted by Crippen LogP contribution is -2.05. The van der Waals surface area contributed by atoms with Crippen LogP contribution in [0.2, 0.25) is 0 Å². The number of nitro groups is 2. The summed E-state index contributed by atoms with van der Waals surface area (Å²) in [6.07, 6.45) is 0. The van der Waals surface area contributed by atoms with Gasteiger partial charge in [0.15, 0.2) is 11.6 Å². The van der Waals surface area contributed by atoms with Gasteiger partial charge in [0.2, 0.25) is 0 Å². The van der Waals surface area contributed by atoms with Gasteiger partial charge in [0.25, 0.3) is 16.6 Å². The molecule has 0 aliphatic heterocycles. The molecule has 0 aromatic heterocycles. The number of hydrogen-bond donors (Lipinski definition) is 1. The van der Waals surface area contributed by atoms with Crippen molar-refractivity contribution in [2.75, 3.05) is 5.73 Å². The topological polar surface area (TPSA) is 164 Å². The van der Waals surface area contributed by atoms with Crippen LogP contribution in [0.1, 0.15) is 42.2 Å². The van der Waals surface area contributed by atoms with Crippen LogP contribution in [-0.2, 0) is 0 Å². The zero-order valence-corrected chi connectivity index (χ0v) is 33.2. The van der Waals surface area contributed by atoms with Crippen molar-refractivity contribution in [3.8, 4) is 0 Å². The van der Waals surface area contributed by atoms with Gasteiger partial charge in [-0.25, -0.2) is 43.3 Å². The number of nitrogens with two attached hydrogens (primary N) is 1. The fourth-order valence-corrected chi connectivity index (χ4v) is 4.42. The number of nitrogen functional groups attached to an aromatic ring is 1. The predicted octanol–water partition coefficient (Wildman–Crippen LogP) is 11.1. The highest BCUT2D eigenvalue weighted by molar-refractivity contribution is 7.54. The first-order valence-electron chi connectivity index (χ1n) is 15.8. The van der Waals surface area contributed by atoms with Gasteiger partial charge in [-0.15, -0.1) is 0 Å². The van der Waals surface area contributed by atoms with E-state index in [0.717, 1.165) is 12.1 Å². The molecule has 0 aliphatic rings. The van der Waals surface area contributed by atoms with Crippen molar-refractivity contribution in [1.29, 1.82) is 0 Å². The Morgan fingerprint density at radius 1 is 0.491 bits per heavy atom. The Morgan fingerprint density at radius 2 is 0.807 bits per heavy atom. The van der Waals surface area contributed by atoms with E-state index in [1.165, 1.54) is 91.0 Å². The molecule has 2 N–H and O–H groups in total. The second-order valence-corrected chi connectivity index (χ2v) is 17.4. The third kappa shape index (κ3) is 17.0. The van der Waals surface area contributed by atoms with Gasteiger partial charge >= 0.3 is 11.4 Å². The van der Waals surface area contributed by atoms with Crippen LogP contribution in [0.3, 0.4) is 0 Å². The van der Waals surface area contributed by atoms with Gasteiger partial charge in [-0.2, -0.15) is 0 Å². The van der Waals surface area contributed by atoms with Gasteiger partial charge in [0.05, 0.1) is 9.85 Å². The minimum atomic E-state index is -1.72. The normalized spacial score (nSPS) is 9.53. The number of para-hydroxylation sites is 3. The number of ketones is 2. The quantitative estimate of drug-likeness (QED) is 0.0414. The number of hydrogen-bond acceptors (Lipinski definition) is 8. The standard InChI is InChI=1S/C13H8FNO3.C13H10FNO.C7H4ClNO3.C6H5F.Al.3ClH/c14-10-7-5-9(6-8-10)13(16)11-3-1-2-4-12(11)15(17)18;14-10-7-5-9(6-8-10)13(16)11-3-1-2-4-12(11)15;8-7(10)5-3-1-2-4-6(5)9(11)12;7-6-4-2-1-3-5-6;;;;/h1-8H;1-8H,15H2;1-4H;1-5H;;3*1H/q;;;;+3;;;/p-3. The summed E-state index contributed by atoms with van der Waals surface area (Å²) in [4.78, 5) is 54.5. The molecule has 0 bridgehead atoms. The molecule has 0 saturated carbocycles. The molecule has 0 spiro atoms. The SMILES string of the molecule is Fc1ccccc1.Nc1ccccc1C(=O)c1ccc(F)cc1.O=C(Cl)c1ccccc1[N+](=O)[O-].O=C(c1ccc(F)cc1)c1ccccc1[N+](=O)[O-].[Cl][Al]([Cl])[Cl]. The number of rotatable bonds is 7. The lowest BCUT2D eigenvalue weighted by molar-refractivity contribution is -0.385. The zero-order chi connectivity index (χ0) is 42.5. The average Bonchev–Trinajstić information content (AvgIpc) is 3.19. The molecule has 0 unspecified atom stereocenters. The maximum atomic E-state index is 12.7. The van der Waals surface area contributed by atoms with E-state index in [-0.39, 0.29) is 45.5 Å². The average molecular weight is 875 g/mol. The highest BCUT2D eigenvalue weighted by atomic mass is 35.8. The number of anilines is 1. The molecule has 57 heavy (non-hydrogen) atoms.